The molecular formula is C15H15Cl2N3O. The molecule has 5 N–H and O–H groups in total. The van der Waals surface area contributed by atoms with Crippen molar-refractivity contribution in [3.63, 3.8) is 0 Å². The van der Waals surface area contributed by atoms with Crippen molar-refractivity contribution in [2.24, 2.45) is 5.73 Å². The summed E-state index contributed by atoms with van der Waals surface area (Å²) in [6.07, 6.45) is 0. The van der Waals surface area contributed by atoms with Crippen LogP contribution in [-0.2, 0) is 0 Å². The summed E-state index contributed by atoms with van der Waals surface area (Å²) >= 11 is 12.1. The van der Waals surface area contributed by atoms with Gasteiger partial charge in [0.2, 0.25) is 0 Å². The average molecular weight is 324 g/mol. The minimum Gasteiger partial charge on any atom is -0.399 e. The van der Waals surface area contributed by atoms with Crippen LogP contribution in [0.4, 0.5) is 11.4 Å². The number of primary amides is 1. The molecule has 0 heterocycles. The molecule has 4 nitrogen and oxygen atoms in total. The number of rotatable bonds is 4. The minimum atomic E-state index is -0.593. The summed E-state index contributed by atoms with van der Waals surface area (Å²) in [4.78, 5) is 11.5. The first kappa shape index (κ1) is 15.5. The van der Waals surface area contributed by atoms with Gasteiger partial charge >= 0.3 is 0 Å². The summed E-state index contributed by atoms with van der Waals surface area (Å²) < 4.78 is 0. The van der Waals surface area contributed by atoms with Gasteiger partial charge in [-0.15, -0.1) is 0 Å². The number of nitrogens with one attached hydrogen (secondary N) is 1. The Hall–Kier alpha value is -1.91. The third-order valence-electron chi connectivity index (χ3n) is 3.09. The lowest BCUT2D eigenvalue weighted by atomic mass is 10.1. The van der Waals surface area contributed by atoms with E-state index in [0.717, 1.165) is 5.56 Å². The summed E-state index contributed by atoms with van der Waals surface area (Å²) in [7, 11) is 0. The van der Waals surface area contributed by atoms with Crippen LogP contribution in [0.15, 0.2) is 36.4 Å². The van der Waals surface area contributed by atoms with E-state index in [9.17, 15) is 4.79 Å². The normalized spacial score (nSPS) is 12.0. The molecule has 1 atom stereocenters. The fourth-order valence-corrected chi connectivity index (χ4v) is 2.53. The van der Waals surface area contributed by atoms with Crippen molar-refractivity contribution < 1.29 is 4.79 Å². The van der Waals surface area contributed by atoms with Gasteiger partial charge in [-0.1, -0.05) is 35.3 Å². The number of benzene rings is 2. The van der Waals surface area contributed by atoms with Gasteiger partial charge in [0.05, 0.1) is 16.3 Å². The zero-order valence-corrected chi connectivity index (χ0v) is 12.9. The Bertz CT molecular complexity index is 689. The average Bonchev–Trinajstić information content (AvgIpc) is 2.41. The molecule has 0 aliphatic carbocycles. The van der Waals surface area contributed by atoms with E-state index in [0.29, 0.717) is 21.4 Å². The molecule has 0 aromatic heterocycles. The smallest absolute Gasteiger partial charge is 0.250 e. The molecule has 2 aromatic rings. The lowest BCUT2D eigenvalue weighted by Crippen LogP contribution is -2.17. The van der Waals surface area contributed by atoms with E-state index in [1.807, 2.05) is 25.1 Å². The van der Waals surface area contributed by atoms with Gasteiger partial charge in [0.25, 0.3) is 5.91 Å². The number of carbonyl (C=O) groups excluding carboxylic acids is 1. The summed E-state index contributed by atoms with van der Waals surface area (Å²) in [6.45, 7) is 1.93. The quantitative estimate of drug-likeness (QED) is 0.747. The summed E-state index contributed by atoms with van der Waals surface area (Å²) in [6, 6.07) is 10.4. The predicted octanol–water partition coefficient (Wildman–Crippen LogP) is 3.85. The highest BCUT2D eigenvalue weighted by Gasteiger charge is 2.16. The van der Waals surface area contributed by atoms with Crippen molar-refractivity contribution in [2.45, 2.75) is 13.0 Å². The van der Waals surface area contributed by atoms with E-state index in [2.05, 4.69) is 5.32 Å². The topological polar surface area (TPSA) is 81.1 Å². The van der Waals surface area contributed by atoms with Crippen LogP contribution in [0.25, 0.3) is 0 Å². The molecule has 1 unspecified atom stereocenters. The third kappa shape index (κ3) is 3.60. The highest BCUT2D eigenvalue weighted by Crippen LogP contribution is 2.32. The Morgan fingerprint density at radius 2 is 1.95 bits per heavy atom. The van der Waals surface area contributed by atoms with Crippen LogP contribution in [0.3, 0.4) is 0 Å². The van der Waals surface area contributed by atoms with Crippen LogP contribution in [0.2, 0.25) is 10.0 Å². The molecule has 0 aliphatic heterocycles. The molecule has 2 aromatic carbocycles. The van der Waals surface area contributed by atoms with E-state index < -0.39 is 5.91 Å². The molecule has 2 rings (SSSR count). The molecule has 110 valence electrons. The number of nitrogen functional groups attached to an aromatic ring is 1. The van der Waals surface area contributed by atoms with Gasteiger partial charge in [0.1, 0.15) is 0 Å². The van der Waals surface area contributed by atoms with Crippen LogP contribution >= 0.6 is 23.2 Å². The summed E-state index contributed by atoms with van der Waals surface area (Å²) in [5, 5.41) is 4.17. The first-order valence-electron chi connectivity index (χ1n) is 6.29. The highest BCUT2D eigenvalue weighted by molar-refractivity contribution is 6.34. The SMILES string of the molecule is CC(Nc1c(Cl)cc(N)cc1C(N)=O)c1cccc(Cl)c1. The molecule has 6 heteroatoms. The number of halogens is 2. The lowest BCUT2D eigenvalue weighted by Gasteiger charge is -2.19. The van der Waals surface area contributed by atoms with Crippen LogP contribution < -0.4 is 16.8 Å². The van der Waals surface area contributed by atoms with Crippen molar-refractivity contribution in [2.75, 3.05) is 11.1 Å². The van der Waals surface area contributed by atoms with Gasteiger partial charge < -0.3 is 16.8 Å². The van der Waals surface area contributed by atoms with Crippen LogP contribution in [0.1, 0.15) is 28.9 Å². The monoisotopic (exact) mass is 323 g/mol. The van der Waals surface area contributed by atoms with Crippen molar-refractivity contribution in [1.29, 1.82) is 0 Å². The van der Waals surface area contributed by atoms with Crippen LogP contribution in [0, 0.1) is 0 Å². The molecule has 0 saturated heterocycles. The van der Waals surface area contributed by atoms with Gasteiger partial charge in [0, 0.05) is 16.8 Å². The van der Waals surface area contributed by atoms with Crippen molar-refractivity contribution >= 4 is 40.5 Å². The van der Waals surface area contributed by atoms with Gasteiger partial charge in [-0.2, -0.15) is 0 Å². The molecule has 21 heavy (non-hydrogen) atoms. The van der Waals surface area contributed by atoms with Gasteiger partial charge in [-0.3, -0.25) is 4.79 Å². The maximum absolute atomic E-state index is 11.5. The Morgan fingerprint density at radius 3 is 2.57 bits per heavy atom. The lowest BCUT2D eigenvalue weighted by molar-refractivity contribution is 0.100. The Morgan fingerprint density at radius 1 is 1.24 bits per heavy atom. The second-order valence-corrected chi connectivity index (χ2v) is 5.55. The molecule has 1 amide bonds. The number of anilines is 2. The maximum atomic E-state index is 11.5. The fourth-order valence-electron chi connectivity index (χ4n) is 2.04. The summed E-state index contributed by atoms with van der Waals surface area (Å²) in [5.41, 5.74) is 13.1. The van der Waals surface area contributed by atoms with Crippen molar-refractivity contribution in [3.8, 4) is 0 Å². The molecular weight excluding hydrogens is 309 g/mol. The zero-order valence-electron chi connectivity index (χ0n) is 11.4. The zero-order chi connectivity index (χ0) is 15.6. The van der Waals surface area contributed by atoms with E-state index in [1.165, 1.54) is 6.07 Å². The fraction of sp³-hybridized carbons (Fsp3) is 0.133. The molecule has 0 fully saturated rings. The Labute approximate surface area is 133 Å². The van der Waals surface area contributed by atoms with Crippen LogP contribution in [0.5, 0.6) is 0 Å². The number of nitrogens with two attached hydrogens (primary N) is 2. The van der Waals surface area contributed by atoms with E-state index in [-0.39, 0.29) is 11.6 Å². The van der Waals surface area contributed by atoms with E-state index in [4.69, 9.17) is 34.7 Å². The molecule has 0 saturated carbocycles. The first-order valence-corrected chi connectivity index (χ1v) is 7.05. The van der Waals surface area contributed by atoms with Gasteiger partial charge in [-0.05, 0) is 36.8 Å². The van der Waals surface area contributed by atoms with Gasteiger partial charge in [0.15, 0.2) is 0 Å². The highest BCUT2D eigenvalue weighted by atomic mass is 35.5. The number of hydrogen-bond acceptors (Lipinski definition) is 3. The standard InChI is InChI=1S/C15H15Cl2N3O/c1-8(9-3-2-4-10(16)5-9)20-14-12(15(19)21)6-11(18)7-13(14)17/h2-8,20H,18H2,1H3,(H2,19,21). The molecule has 0 aliphatic rings. The largest absolute Gasteiger partial charge is 0.399 e. The third-order valence-corrected chi connectivity index (χ3v) is 3.62. The Kier molecular flexibility index (Phi) is 4.60. The van der Waals surface area contributed by atoms with Crippen LogP contribution in [-0.4, -0.2) is 5.91 Å². The molecule has 0 spiro atoms. The van der Waals surface area contributed by atoms with E-state index >= 15 is 0 Å². The summed E-state index contributed by atoms with van der Waals surface area (Å²) in [5.74, 6) is -0.593. The molecule has 0 bridgehead atoms. The number of carbonyl (C=O) groups is 1. The predicted molar refractivity (Wildman–Crippen MR) is 87.9 cm³/mol. The maximum Gasteiger partial charge on any atom is 0.250 e. The van der Waals surface area contributed by atoms with Crippen molar-refractivity contribution in [1.82, 2.24) is 0 Å². The Balaban J connectivity index is 2.37. The molecule has 0 radical (unpaired) electrons. The first-order chi connectivity index (χ1) is 9.88. The second-order valence-electron chi connectivity index (χ2n) is 4.71. The van der Waals surface area contributed by atoms with Crippen molar-refractivity contribution in [3.05, 3.63) is 57.6 Å². The second kappa shape index (κ2) is 6.24. The number of amides is 1. The number of hydrogen-bond donors (Lipinski definition) is 3. The van der Waals surface area contributed by atoms with E-state index in [1.54, 1.807) is 12.1 Å². The minimum absolute atomic E-state index is 0.108. The van der Waals surface area contributed by atoms with Gasteiger partial charge in [-0.25, -0.2) is 0 Å².